The van der Waals surface area contributed by atoms with E-state index in [2.05, 4.69) is 20.3 Å². The van der Waals surface area contributed by atoms with Crippen molar-refractivity contribution in [3.05, 3.63) is 71.3 Å². The first kappa shape index (κ1) is 16.8. The van der Waals surface area contributed by atoms with Crippen LogP contribution in [0.4, 0.5) is 10.2 Å². The number of benzene rings is 2. The van der Waals surface area contributed by atoms with Crippen LogP contribution in [-0.2, 0) is 0 Å². The van der Waals surface area contributed by atoms with E-state index < -0.39 is 11.6 Å². The number of halogens is 1. The van der Waals surface area contributed by atoms with Crippen LogP contribution in [0.1, 0.15) is 23.1 Å². The predicted octanol–water partition coefficient (Wildman–Crippen LogP) is 3.48. The van der Waals surface area contributed by atoms with Crippen molar-refractivity contribution in [2.24, 2.45) is 4.99 Å². The van der Waals surface area contributed by atoms with E-state index in [0.29, 0.717) is 29.1 Å². The van der Waals surface area contributed by atoms with E-state index in [0.717, 1.165) is 5.57 Å². The highest BCUT2D eigenvalue weighted by Crippen LogP contribution is 2.25. The average Bonchev–Trinajstić information content (AvgIpc) is 3.06. The Morgan fingerprint density at radius 2 is 1.93 bits per heavy atom. The maximum Gasteiger partial charge on any atom is 0.230 e. The molecule has 3 aromatic rings. The molecule has 0 radical (unpaired) electrons. The van der Waals surface area contributed by atoms with Crippen LogP contribution in [0, 0.1) is 5.82 Å². The van der Waals surface area contributed by atoms with Gasteiger partial charge in [0.1, 0.15) is 23.2 Å². The number of anilines is 1. The number of nitrogens with one attached hydrogen (secondary N) is 1. The molecule has 0 aliphatic carbocycles. The molecule has 1 aliphatic heterocycles. The van der Waals surface area contributed by atoms with Crippen LogP contribution < -0.4 is 5.32 Å². The highest BCUT2D eigenvalue weighted by Gasteiger charge is 2.17. The first-order valence-electron chi connectivity index (χ1n) is 8.29. The Labute approximate surface area is 154 Å². The predicted molar refractivity (Wildman–Crippen MR) is 101 cm³/mol. The van der Waals surface area contributed by atoms with E-state index in [1.54, 1.807) is 6.07 Å². The van der Waals surface area contributed by atoms with E-state index in [-0.39, 0.29) is 17.1 Å². The highest BCUT2D eigenvalue weighted by atomic mass is 19.1. The number of carbonyl (C=O) groups excluding carboxylic acids is 1. The summed E-state index contributed by atoms with van der Waals surface area (Å²) in [5.41, 5.74) is 1.80. The topological polar surface area (TPSA) is 87.5 Å². The Morgan fingerprint density at radius 1 is 1.15 bits per heavy atom. The van der Waals surface area contributed by atoms with Gasteiger partial charge in [-0.1, -0.05) is 0 Å². The third kappa shape index (κ3) is 3.39. The normalized spacial score (nSPS) is 13.4. The Hall–Kier alpha value is -3.61. The molecule has 1 aliphatic rings. The lowest BCUT2D eigenvalue weighted by atomic mass is 10.1. The molecule has 0 bridgehead atoms. The first-order chi connectivity index (χ1) is 13.0. The van der Waals surface area contributed by atoms with Crippen molar-refractivity contribution in [2.45, 2.75) is 6.92 Å². The number of carbonyl (C=O) groups is 1. The molecule has 0 saturated carbocycles. The van der Waals surface area contributed by atoms with Crippen LogP contribution in [0.5, 0.6) is 5.75 Å². The zero-order valence-corrected chi connectivity index (χ0v) is 14.4. The van der Waals surface area contributed by atoms with Crippen molar-refractivity contribution in [1.82, 2.24) is 9.97 Å². The second-order valence-electron chi connectivity index (χ2n) is 6.25. The third-order valence-electron chi connectivity index (χ3n) is 4.12. The summed E-state index contributed by atoms with van der Waals surface area (Å²) in [6.07, 6.45) is 1.90. The number of hydrogen-bond donors (Lipinski definition) is 2. The van der Waals surface area contributed by atoms with Crippen LogP contribution in [0.15, 0.2) is 59.1 Å². The standard InChI is InChI=1S/C20H15FN4O2/c1-11-8-17(22-10-11)24-19-15-7-6-14(26)9-16(15)23-20(25-19)18(27)12-2-4-13(21)5-3-12/h2-9,26H,10H2,1H3,(H,22,23,24,25). The lowest BCUT2D eigenvalue weighted by Gasteiger charge is -2.10. The van der Waals surface area contributed by atoms with Crippen molar-refractivity contribution in [3.63, 3.8) is 0 Å². The number of rotatable bonds is 3. The molecule has 0 saturated heterocycles. The van der Waals surface area contributed by atoms with Crippen LogP contribution >= 0.6 is 0 Å². The summed E-state index contributed by atoms with van der Waals surface area (Å²) in [6, 6.07) is 9.84. The molecule has 0 spiro atoms. The molecule has 0 amide bonds. The zero-order valence-electron chi connectivity index (χ0n) is 14.4. The van der Waals surface area contributed by atoms with Gasteiger partial charge < -0.3 is 10.4 Å². The van der Waals surface area contributed by atoms with E-state index in [9.17, 15) is 14.3 Å². The zero-order chi connectivity index (χ0) is 19.0. The van der Waals surface area contributed by atoms with E-state index in [4.69, 9.17) is 0 Å². The summed E-state index contributed by atoms with van der Waals surface area (Å²) >= 11 is 0. The fourth-order valence-corrected chi connectivity index (χ4v) is 2.78. The van der Waals surface area contributed by atoms with Crippen LogP contribution in [0.3, 0.4) is 0 Å². The molecule has 2 aromatic carbocycles. The monoisotopic (exact) mass is 362 g/mol. The number of aliphatic imine (C=N–C) groups is 1. The van der Waals surface area contributed by atoms with Gasteiger partial charge in [0.2, 0.25) is 11.6 Å². The summed E-state index contributed by atoms with van der Waals surface area (Å²) in [5.74, 6) is 0.154. The smallest absolute Gasteiger partial charge is 0.230 e. The van der Waals surface area contributed by atoms with E-state index in [1.165, 1.54) is 36.4 Å². The van der Waals surface area contributed by atoms with Crippen molar-refractivity contribution < 1.29 is 14.3 Å². The maximum atomic E-state index is 13.1. The Morgan fingerprint density at radius 3 is 2.63 bits per heavy atom. The van der Waals surface area contributed by atoms with Gasteiger partial charge in [-0.2, -0.15) is 0 Å². The minimum absolute atomic E-state index is 0.0290. The summed E-state index contributed by atoms with van der Waals surface area (Å²) in [7, 11) is 0. The van der Waals surface area contributed by atoms with Gasteiger partial charge in [-0.25, -0.2) is 14.4 Å². The molecule has 4 rings (SSSR count). The van der Waals surface area contributed by atoms with Crippen molar-refractivity contribution >= 4 is 28.3 Å². The van der Waals surface area contributed by atoms with Gasteiger partial charge in [-0.05, 0) is 55.0 Å². The van der Waals surface area contributed by atoms with Crippen LogP contribution in [0.2, 0.25) is 0 Å². The summed E-state index contributed by atoms with van der Waals surface area (Å²) in [6.45, 7) is 2.57. The lowest BCUT2D eigenvalue weighted by molar-refractivity contribution is 0.103. The molecule has 0 unspecified atom stereocenters. The van der Waals surface area contributed by atoms with Crippen molar-refractivity contribution in [3.8, 4) is 5.75 Å². The van der Waals surface area contributed by atoms with Crippen molar-refractivity contribution in [2.75, 3.05) is 11.9 Å². The molecule has 7 heteroatoms. The van der Waals surface area contributed by atoms with E-state index >= 15 is 0 Å². The fourth-order valence-electron chi connectivity index (χ4n) is 2.78. The molecule has 2 heterocycles. The number of amidine groups is 1. The lowest BCUT2D eigenvalue weighted by Crippen LogP contribution is -2.14. The largest absolute Gasteiger partial charge is 0.508 e. The number of nitrogens with zero attached hydrogens (tertiary/aromatic N) is 3. The molecule has 27 heavy (non-hydrogen) atoms. The fraction of sp³-hybridized carbons (Fsp3) is 0.100. The van der Waals surface area contributed by atoms with Gasteiger partial charge in [0.05, 0.1) is 12.1 Å². The van der Waals surface area contributed by atoms with Gasteiger partial charge in [0, 0.05) is 17.0 Å². The van der Waals surface area contributed by atoms with Gasteiger partial charge in [0.25, 0.3) is 0 Å². The number of phenolic OH excluding ortho intramolecular Hbond substituents is 1. The Kier molecular flexibility index (Phi) is 4.12. The van der Waals surface area contributed by atoms with Crippen molar-refractivity contribution in [1.29, 1.82) is 0 Å². The molecule has 134 valence electrons. The number of hydrogen-bond acceptors (Lipinski definition) is 6. The maximum absolute atomic E-state index is 13.1. The molecule has 6 nitrogen and oxygen atoms in total. The van der Waals surface area contributed by atoms with Gasteiger partial charge in [-0.15, -0.1) is 0 Å². The second kappa shape index (κ2) is 6.60. The number of aromatic nitrogens is 2. The molecule has 0 atom stereocenters. The van der Waals surface area contributed by atoms with Gasteiger partial charge >= 0.3 is 0 Å². The summed E-state index contributed by atoms with van der Waals surface area (Å²) < 4.78 is 13.1. The molecular weight excluding hydrogens is 347 g/mol. The Bertz CT molecular complexity index is 1120. The summed E-state index contributed by atoms with van der Waals surface area (Å²) in [5, 5.41) is 13.5. The number of fused-ring (bicyclic) bond motifs is 1. The summed E-state index contributed by atoms with van der Waals surface area (Å²) in [4.78, 5) is 25.7. The number of aromatic hydroxyl groups is 1. The number of ketones is 1. The molecule has 0 fully saturated rings. The average molecular weight is 362 g/mol. The molecule has 1 aromatic heterocycles. The third-order valence-corrected chi connectivity index (χ3v) is 4.12. The Balaban J connectivity index is 1.81. The minimum Gasteiger partial charge on any atom is -0.508 e. The quantitative estimate of drug-likeness (QED) is 0.697. The second-order valence-corrected chi connectivity index (χ2v) is 6.25. The van der Waals surface area contributed by atoms with Crippen LogP contribution in [0.25, 0.3) is 10.9 Å². The van der Waals surface area contributed by atoms with E-state index in [1.807, 2.05) is 13.0 Å². The molecular formula is C20H15FN4O2. The highest BCUT2D eigenvalue weighted by molar-refractivity contribution is 6.11. The first-order valence-corrected chi connectivity index (χ1v) is 8.29. The minimum atomic E-state index is -0.441. The number of phenols is 1. The van der Waals surface area contributed by atoms with Gasteiger partial charge in [0.15, 0.2) is 0 Å². The SMILES string of the molecule is CC1=CC(Nc2nc(C(=O)c3ccc(F)cc3)nc3cc(O)ccc23)=NC1. The van der Waals surface area contributed by atoms with Crippen LogP contribution in [-0.4, -0.2) is 33.2 Å². The molecule has 2 N–H and O–H groups in total. The van der Waals surface area contributed by atoms with Gasteiger partial charge in [-0.3, -0.25) is 9.79 Å².